The summed E-state index contributed by atoms with van der Waals surface area (Å²) in [6.07, 6.45) is 2.74. The first-order chi connectivity index (χ1) is 20.1. The van der Waals surface area contributed by atoms with Crippen molar-refractivity contribution < 1.29 is 18.9 Å². The minimum absolute atomic E-state index is 0.247. The monoisotopic (exact) mass is 550 g/mol. The molecule has 0 spiro atoms. The normalized spacial score (nSPS) is 14.5. The zero-order valence-electron chi connectivity index (χ0n) is 23.6. The Bertz CT molecular complexity index is 1630. The highest BCUT2D eigenvalue weighted by atomic mass is 16.7. The van der Waals surface area contributed by atoms with Gasteiger partial charge in [0.2, 0.25) is 0 Å². The number of anilines is 2. The average Bonchev–Trinajstić information content (AvgIpc) is 3.39. The minimum atomic E-state index is 0.247. The van der Waals surface area contributed by atoms with Gasteiger partial charge in [0, 0.05) is 50.3 Å². The average molecular weight is 551 g/mol. The molecule has 0 radical (unpaired) electrons. The first kappa shape index (κ1) is 26.8. The van der Waals surface area contributed by atoms with Crippen LogP contribution in [-0.4, -0.2) is 49.2 Å². The van der Waals surface area contributed by atoms with Crippen molar-refractivity contribution in [2.75, 3.05) is 39.6 Å². The number of rotatable bonds is 10. The van der Waals surface area contributed by atoms with Gasteiger partial charge in [-0.15, -0.1) is 0 Å². The van der Waals surface area contributed by atoms with E-state index in [1.54, 1.807) is 14.2 Å². The van der Waals surface area contributed by atoms with Gasteiger partial charge in [0.15, 0.2) is 5.82 Å². The number of benzene rings is 3. The fourth-order valence-electron chi connectivity index (χ4n) is 5.41. The Labute approximate surface area is 240 Å². The third-order valence-corrected chi connectivity index (χ3v) is 7.59. The summed E-state index contributed by atoms with van der Waals surface area (Å²) in [5, 5.41) is 0. The molecule has 0 aliphatic carbocycles. The molecule has 8 heteroatoms. The largest absolute Gasteiger partial charge is 0.497 e. The predicted octanol–water partition coefficient (Wildman–Crippen LogP) is 6.56. The quantitative estimate of drug-likeness (QED) is 0.144. The molecule has 2 aromatic heterocycles. The summed E-state index contributed by atoms with van der Waals surface area (Å²) >= 11 is 0. The van der Waals surface area contributed by atoms with Gasteiger partial charge in [0.1, 0.15) is 24.0 Å². The van der Waals surface area contributed by atoms with E-state index in [0.29, 0.717) is 13.2 Å². The van der Waals surface area contributed by atoms with Crippen molar-refractivity contribution in [1.82, 2.24) is 14.5 Å². The van der Waals surface area contributed by atoms with Gasteiger partial charge in [-0.1, -0.05) is 18.2 Å². The van der Waals surface area contributed by atoms with Crippen LogP contribution < -0.4 is 14.4 Å². The highest BCUT2D eigenvalue weighted by Gasteiger charge is 2.25. The van der Waals surface area contributed by atoms with Crippen LogP contribution in [0.1, 0.15) is 23.5 Å². The van der Waals surface area contributed by atoms with Crippen LogP contribution in [0.4, 0.5) is 11.4 Å². The van der Waals surface area contributed by atoms with E-state index >= 15 is 0 Å². The number of ether oxygens (including phenoxy) is 4. The van der Waals surface area contributed by atoms with Crippen LogP contribution in [0.15, 0.2) is 85.1 Å². The second-order valence-electron chi connectivity index (χ2n) is 10.2. The molecule has 1 atom stereocenters. The number of aromatic nitrogens is 3. The third-order valence-electron chi connectivity index (χ3n) is 7.59. The standard InChI is InChI=1S/C33H34N4O4/c1-36(25-8-11-27(39-3)12-9-25)26-10-13-28-24(15-17-41-32(28)19-26)20-37-31-7-5-4-6-29(31)35-33(37)30-18-23(14-16-34-30)21-40-22-38-2/h4-14,16,18-19,24H,15,17,20-22H2,1-3H3. The van der Waals surface area contributed by atoms with Crippen molar-refractivity contribution in [3.63, 3.8) is 0 Å². The van der Waals surface area contributed by atoms with Gasteiger partial charge in [-0.25, -0.2) is 4.98 Å². The number of pyridine rings is 1. The second-order valence-corrected chi connectivity index (χ2v) is 10.2. The lowest BCUT2D eigenvalue weighted by atomic mass is 9.92. The van der Waals surface area contributed by atoms with E-state index in [9.17, 15) is 0 Å². The molecule has 0 fully saturated rings. The molecule has 41 heavy (non-hydrogen) atoms. The molecule has 6 rings (SSSR count). The Kier molecular flexibility index (Phi) is 7.84. The van der Waals surface area contributed by atoms with Crippen molar-refractivity contribution in [3.05, 3.63) is 96.2 Å². The molecule has 3 aromatic carbocycles. The first-order valence-electron chi connectivity index (χ1n) is 13.8. The van der Waals surface area contributed by atoms with Gasteiger partial charge in [0.25, 0.3) is 0 Å². The van der Waals surface area contributed by atoms with E-state index in [2.05, 4.69) is 65.0 Å². The van der Waals surface area contributed by atoms with Crippen LogP contribution in [-0.2, 0) is 22.6 Å². The number of imidazole rings is 1. The Balaban J connectivity index is 1.31. The SMILES string of the molecule is COCOCc1ccnc(-c2nc3ccccc3n2CC2CCOc3cc(N(C)c4ccc(OC)cc4)ccc32)c1. The maximum atomic E-state index is 6.19. The van der Waals surface area contributed by atoms with Crippen molar-refractivity contribution in [2.45, 2.75) is 25.5 Å². The van der Waals surface area contributed by atoms with Gasteiger partial charge in [-0.2, -0.15) is 0 Å². The summed E-state index contributed by atoms with van der Waals surface area (Å²) in [7, 11) is 5.36. The van der Waals surface area contributed by atoms with Crippen molar-refractivity contribution in [3.8, 4) is 23.0 Å². The molecule has 8 nitrogen and oxygen atoms in total. The number of para-hydroxylation sites is 2. The highest BCUT2D eigenvalue weighted by Crippen LogP contribution is 2.40. The Hall–Kier alpha value is -4.40. The van der Waals surface area contributed by atoms with Gasteiger partial charge in [0.05, 0.1) is 31.4 Å². The molecule has 0 N–H and O–H groups in total. The van der Waals surface area contributed by atoms with Gasteiger partial charge >= 0.3 is 0 Å². The summed E-state index contributed by atoms with van der Waals surface area (Å²) in [6.45, 7) is 2.13. The van der Waals surface area contributed by atoms with Crippen LogP contribution >= 0.6 is 0 Å². The molecule has 1 unspecified atom stereocenters. The summed E-state index contributed by atoms with van der Waals surface area (Å²) in [4.78, 5) is 11.9. The van der Waals surface area contributed by atoms with Crippen LogP contribution in [0.5, 0.6) is 11.5 Å². The first-order valence-corrected chi connectivity index (χ1v) is 13.8. The molecule has 5 aromatic rings. The number of fused-ring (bicyclic) bond motifs is 2. The van der Waals surface area contributed by atoms with E-state index in [0.717, 1.165) is 64.0 Å². The molecule has 0 saturated heterocycles. The van der Waals surface area contributed by atoms with E-state index in [4.69, 9.17) is 28.9 Å². The molecular formula is C33H34N4O4. The lowest BCUT2D eigenvalue weighted by molar-refractivity contribution is -0.0390. The molecule has 210 valence electrons. The summed E-state index contributed by atoms with van der Waals surface area (Å²) in [5.41, 5.74) is 7.25. The van der Waals surface area contributed by atoms with Gasteiger partial charge < -0.3 is 28.4 Å². The van der Waals surface area contributed by atoms with Crippen LogP contribution in [0.3, 0.4) is 0 Å². The minimum Gasteiger partial charge on any atom is -0.497 e. The molecule has 1 aliphatic rings. The molecule has 3 heterocycles. The molecule has 0 saturated carbocycles. The molecule has 0 bridgehead atoms. The third kappa shape index (κ3) is 5.62. The van der Waals surface area contributed by atoms with Crippen molar-refractivity contribution >= 4 is 22.4 Å². The Morgan fingerprint density at radius 1 is 0.976 bits per heavy atom. The van der Waals surface area contributed by atoms with E-state index in [-0.39, 0.29) is 12.7 Å². The fourth-order valence-corrected chi connectivity index (χ4v) is 5.41. The summed E-state index contributed by atoms with van der Waals surface area (Å²) in [6, 6.07) is 26.9. The number of nitrogens with zero attached hydrogens (tertiary/aromatic N) is 4. The topological polar surface area (TPSA) is 70.9 Å². The van der Waals surface area contributed by atoms with Crippen LogP contribution in [0.25, 0.3) is 22.6 Å². The van der Waals surface area contributed by atoms with Crippen molar-refractivity contribution in [2.24, 2.45) is 0 Å². The predicted molar refractivity (Wildman–Crippen MR) is 160 cm³/mol. The maximum absolute atomic E-state index is 6.19. The van der Waals surface area contributed by atoms with Crippen LogP contribution in [0, 0.1) is 0 Å². The Morgan fingerprint density at radius 3 is 2.63 bits per heavy atom. The highest BCUT2D eigenvalue weighted by molar-refractivity contribution is 5.80. The van der Waals surface area contributed by atoms with Crippen molar-refractivity contribution in [1.29, 1.82) is 0 Å². The lowest BCUT2D eigenvalue weighted by Crippen LogP contribution is -2.20. The van der Waals surface area contributed by atoms with Gasteiger partial charge in [-0.05, 0) is 72.1 Å². The number of hydrogen-bond donors (Lipinski definition) is 0. The summed E-state index contributed by atoms with van der Waals surface area (Å²) in [5.74, 6) is 2.89. The fraction of sp³-hybridized carbons (Fsp3) is 0.273. The maximum Gasteiger partial charge on any atom is 0.159 e. The zero-order chi connectivity index (χ0) is 28.2. The van der Waals surface area contributed by atoms with Gasteiger partial charge in [-0.3, -0.25) is 4.98 Å². The number of hydrogen-bond acceptors (Lipinski definition) is 7. The molecule has 0 amide bonds. The molecular weight excluding hydrogens is 516 g/mol. The molecule has 1 aliphatic heterocycles. The van der Waals surface area contributed by atoms with Crippen LogP contribution in [0.2, 0.25) is 0 Å². The smallest absolute Gasteiger partial charge is 0.159 e. The lowest BCUT2D eigenvalue weighted by Gasteiger charge is -2.29. The second kappa shape index (κ2) is 12.0. The number of methoxy groups -OCH3 is 2. The van der Waals surface area contributed by atoms with E-state index in [1.165, 1.54) is 5.56 Å². The van der Waals surface area contributed by atoms with E-state index in [1.807, 2.05) is 36.5 Å². The Morgan fingerprint density at radius 2 is 1.80 bits per heavy atom. The van der Waals surface area contributed by atoms with E-state index < -0.39 is 0 Å². The zero-order valence-corrected chi connectivity index (χ0v) is 23.6. The summed E-state index contributed by atoms with van der Waals surface area (Å²) < 4.78 is 24.4.